The van der Waals surface area contributed by atoms with E-state index in [4.69, 9.17) is 4.74 Å². The van der Waals surface area contributed by atoms with Gasteiger partial charge in [-0.15, -0.1) is 0 Å². The lowest BCUT2D eigenvalue weighted by atomic mass is 9.87. The summed E-state index contributed by atoms with van der Waals surface area (Å²) < 4.78 is 31.9. The molecule has 2 aromatic rings. The number of aliphatic carboxylic acids is 1. The summed E-state index contributed by atoms with van der Waals surface area (Å²) in [5.41, 5.74) is 0.433. The number of hydrogen-bond acceptors (Lipinski definition) is 3. The third-order valence-corrected chi connectivity index (χ3v) is 4.73. The van der Waals surface area contributed by atoms with Crippen LogP contribution in [0.1, 0.15) is 23.7 Å². The maximum Gasteiger partial charge on any atom is 0.306 e. The van der Waals surface area contributed by atoms with Gasteiger partial charge in [0, 0.05) is 24.7 Å². The molecule has 2 unspecified atom stereocenters. The molecule has 1 N–H and O–H groups in total. The first-order valence-corrected chi connectivity index (χ1v) is 8.60. The fraction of sp³-hybridized carbons (Fsp3) is 0.300. The van der Waals surface area contributed by atoms with Crippen LogP contribution in [0.5, 0.6) is 11.5 Å². The number of benzene rings is 2. The van der Waals surface area contributed by atoms with Crippen molar-refractivity contribution < 1.29 is 28.2 Å². The fourth-order valence-electron chi connectivity index (χ4n) is 3.23. The van der Waals surface area contributed by atoms with Gasteiger partial charge >= 0.3 is 5.97 Å². The zero-order valence-electron chi connectivity index (χ0n) is 14.7. The van der Waals surface area contributed by atoms with Gasteiger partial charge in [-0.1, -0.05) is 6.92 Å². The van der Waals surface area contributed by atoms with E-state index >= 15 is 0 Å². The molecule has 1 heterocycles. The second kappa shape index (κ2) is 7.73. The standard InChI is InChI=1S/C20H19F2NO4/c1-12-11-23(9-8-16(12)20(25)26)19(24)13-2-5-15(6-3-13)27-18-7-4-14(21)10-17(18)22/h2-7,10,12,16H,8-9,11H2,1H3,(H,25,26). The van der Waals surface area contributed by atoms with E-state index in [0.717, 1.165) is 12.1 Å². The van der Waals surface area contributed by atoms with Gasteiger partial charge in [0.1, 0.15) is 11.6 Å². The van der Waals surface area contributed by atoms with Gasteiger partial charge in [0.25, 0.3) is 5.91 Å². The van der Waals surface area contributed by atoms with Crippen molar-refractivity contribution in [2.24, 2.45) is 11.8 Å². The molecular weight excluding hydrogens is 356 g/mol. The Labute approximate surface area is 155 Å². The van der Waals surface area contributed by atoms with E-state index < -0.39 is 23.5 Å². The van der Waals surface area contributed by atoms with Gasteiger partial charge in [0.15, 0.2) is 11.6 Å². The molecule has 1 amide bonds. The highest BCUT2D eigenvalue weighted by atomic mass is 19.1. The van der Waals surface area contributed by atoms with E-state index in [2.05, 4.69) is 0 Å². The lowest BCUT2D eigenvalue weighted by Gasteiger charge is -2.35. The first-order valence-electron chi connectivity index (χ1n) is 8.60. The first kappa shape index (κ1) is 18.8. The number of amides is 1. The predicted octanol–water partition coefficient (Wildman–Crippen LogP) is 3.94. The summed E-state index contributed by atoms with van der Waals surface area (Å²) in [6.45, 7) is 2.60. The van der Waals surface area contributed by atoms with Crippen molar-refractivity contribution in [1.82, 2.24) is 4.90 Å². The van der Waals surface area contributed by atoms with Crippen LogP contribution in [0.4, 0.5) is 8.78 Å². The third kappa shape index (κ3) is 4.24. The number of likely N-dealkylation sites (tertiary alicyclic amines) is 1. The normalized spacial score (nSPS) is 19.6. The summed E-state index contributed by atoms with van der Waals surface area (Å²) in [6, 6.07) is 9.21. The SMILES string of the molecule is CC1CN(C(=O)c2ccc(Oc3ccc(F)cc3F)cc2)CCC1C(=O)O. The summed E-state index contributed by atoms with van der Waals surface area (Å²) >= 11 is 0. The third-order valence-electron chi connectivity index (χ3n) is 4.73. The molecule has 1 saturated heterocycles. The van der Waals surface area contributed by atoms with Crippen LogP contribution in [0.2, 0.25) is 0 Å². The highest BCUT2D eigenvalue weighted by molar-refractivity contribution is 5.94. The predicted molar refractivity (Wildman–Crippen MR) is 93.7 cm³/mol. The number of carboxylic acids is 1. The van der Waals surface area contributed by atoms with Crippen molar-refractivity contribution in [3.63, 3.8) is 0 Å². The molecule has 0 aromatic heterocycles. The summed E-state index contributed by atoms with van der Waals surface area (Å²) in [4.78, 5) is 25.4. The smallest absolute Gasteiger partial charge is 0.306 e. The number of halogens is 2. The van der Waals surface area contributed by atoms with Crippen LogP contribution in [0, 0.1) is 23.5 Å². The van der Waals surface area contributed by atoms with E-state index in [-0.39, 0.29) is 17.6 Å². The Morgan fingerprint density at radius 1 is 1.15 bits per heavy atom. The van der Waals surface area contributed by atoms with E-state index in [0.29, 0.717) is 30.8 Å². The Bertz CT molecular complexity index is 854. The lowest BCUT2D eigenvalue weighted by molar-refractivity contribution is -0.145. The molecule has 0 aliphatic carbocycles. The van der Waals surface area contributed by atoms with Crippen LogP contribution in [0.15, 0.2) is 42.5 Å². The van der Waals surface area contributed by atoms with E-state index in [1.165, 1.54) is 18.2 Å². The Hall–Kier alpha value is -2.96. The number of carbonyl (C=O) groups excluding carboxylic acids is 1. The number of hydrogen-bond donors (Lipinski definition) is 1. The molecule has 5 nitrogen and oxygen atoms in total. The number of carboxylic acid groups (broad SMARTS) is 1. The molecule has 27 heavy (non-hydrogen) atoms. The van der Waals surface area contributed by atoms with Crippen LogP contribution in [0.3, 0.4) is 0 Å². The first-order chi connectivity index (χ1) is 12.8. The van der Waals surface area contributed by atoms with E-state index in [1.807, 2.05) is 6.92 Å². The van der Waals surface area contributed by atoms with Crippen molar-refractivity contribution in [3.8, 4) is 11.5 Å². The summed E-state index contributed by atoms with van der Waals surface area (Å²) in [5.74, 6) is -2.88. The molecule has 2 aromatic carbocycles. The fourth-order valence-corrected chi connectivity index (χ4v) is 3.23. The van der Waals surface area contributed by atoms with Crippen molar-refractivity contribution in [1.29, 1.82) is 0 Å². The Morgan fingerprint density at radius 3 is 2.44 bits per heavy atom. The second-order valence-corrected chi connectivity index (χ2v) is 6.66. The molecule has 1 aliphatic rings. The Morgan fingerprint density at radius 2 is 1.85 bits per heavy atom. The number of rotatable bonds is 4. The molecule has 0 bridgehead atoms. The summed E-state index contributed by atoms with van der Waals surface area (Å²) in [7, 11) is 0. The molecule has 0 radical (unpaired) electrons. The van der Waals surface area contributed by atoms with Gasteiger partial charge in [-0.3, -0.25) is 9.59 Å². The molecule has 0 saturated carbocycles. The minimum absolute atomic E-state index is 0.111. The minimum atomic E-state index is -0.830. The zero-order valence-corrected chi connectivity index (χ0v) is 14.7. The second-order valence-electron chi connectivity index (χ2n) is 6.66. The average molecular weight is 375 g/mol. The maximum absolute atomic E-state index is 13.6. The monoisotopic (exact) mass is 375 g/mol. The number of piperidine rings is 1. The lowest BCUT2D eigenvalue weighted by Crippen LogP contribution is -2.44. The van der Waals surface area contributed by atoms with Gasteiger partial charge in [0.05, 0.1) is 5.92 Å². The quantitative estimate of drug-likeness (QED) is 0.879. The molecule has 7 heteroatoms. The summed E-state index contributed by atoms with van der Waals surface area (Å²) in [6.07, 6.45) is 0.424. The van der Waals surface area contributed by atoms with Crippen molar-refractivity contribution in [2.75, 3.05) is 13.1 Å². The van der Waals surface area contributed by atoms with Crippen LogP contribution < -0.4 is 4.74 Å². The molecule has 0 spiro atoms. The highest BCUT2D eigenvalue weighted by Crippen LogP contribution is 2.27. The molecule has 1 aliphatic heterocycles. The van der Waals surface area contributed by atoms with Gasteiger partial charge in [0.2, 0.25) is 0 Å². The minimum Gasteiger partial charge on any atom is -0.481 e. The van der Waals surface area contributed by atoms with Crippen molar-refractivity contribution >= 4 is 11.9 Å². The van der Waals surface area contributed by atoms with Gasteiger partial charge in [-0.05, 0) is 48.7 Å². The summed E-state index contributed by atoms with van der Waals surface area (Å²) in [5, 5.41) is 9.17. The van der Waals surface area contributed by atoms with E-state index in [1.54, 1.807) is 17.0 Å². The molecule has 3 rings (SSSR count). The molecular formula is C20H19F2NO4. The molecule has 142 valence electrons. The molecule has 1 fully saturated rings. The maximum atomic E-state index is 13.6. The van der Waals surface area contributed by atoms with Crippen molar-refractivity contribution in [3.05, 3.63) is 59.7 Å². The van der Waals surface area contributed by atoms with E-state index in [9.17, 15) is 23.5 Å². The topological polar surface area (TPSA) is 66.8 Å². The highest BCUT2D eigenvalue weighted by Gasteiger charge is 2.33. The Kier molecular flexibility index (Phi) is 5.39. The van der Waals surface area contributed by atoms with Gasteiger partial charge < -0.3 is 14.7 Å². The van der Waals surface area contributed by atoms with Crippen LogP contribution in [-0.2, 0) is 4.79 Å². The van der Waals surface area contributed by atoms with Crippen LogP contribution in [-0.4, -0.2) is 35.0 Å². The number of nitrogens with zero attached hydrogens (tertiary/aromatic N) is 1. The molecule has 2 atom stereocenters. The number of carbonyl (C=O) groups is 2. The van der Waals surface area contributed by atoms with Gasteiger partial charge in [-0.2, -0.15) is 0 Å². The van der Waals surface area contributed by atoms with Crippen LogP contribution >= 0.6 is 0 Å². The zero-order chi connectivity index (χ0) is 19.6. The largest absolute Gasteiger partial charge is 0.481 e. The van der Waals surface area contributed by atoms with Crippen LogP contribution in [0.25, 0.3) is 0 Å². The Balaban J connectivity index is 1.66. The number of ether oxygens (including phenoxy) is 1. The average Bonchev–Trinajstić information content (AvgIpc) is 2.63. The van der Waals surface area contributed by atoms with Crippen molar-refractivity contribution in [2.45, 2.75) is 13.3 Å². The van der Waals surface area contributed by atoms with Gasteiger partial charge in [-0.25, -0.2) is 8.78 Å².